The molecule has 1 aliphatic rings. The maximum atomic E-state index is 14.7. The molecule has 2 aromatic carbocycles. The van der Waals surface area contributed by atoms with Crippen molar-refractivity contribution in [2.45, 2.75) is 19.9 Å². The summed E-state index contributed by atoms with van der Waals surface area (Å²) in [5.41, 5.74) is -0.0698. The first kappa shape index (κ1) is 23.1. The fraction of sp³-hybridized carbons (Fsp3) is 0.192. The van der Waals surface area contributed by atoms with E-state index >= 15 is 0 Å². The third-order valence-electron chi connectivity index (χ3n) is 5.27. The molecule has 174 valence electrons. The Morgan fingerprint density at radius 3 is 2.56 bits per heavy atom. The van der Waals surface area contributed by atoms with E-state index in [1.165, 1.54) is 6.20 Å². The van der Waals surface area contributed by atoms with Gasteiger partial charge in [0.2, 0.25) is 0 Å². The number of carbonyl (C=O) groups is 2. The van der Waals surface area contributed by atoms with Crippen LogP contribution in [0.25, 0.3) is 5.76 Å². The van der Waals surface area contributed by atoms with Gasteiger partial charge in [-0.25, -0.2) is 8.78 Å². The monoisotopic (exact) mass is 464 g/mol. The van der Waals surface area contributed by atoms with Gasteiger partial charge < -0.3 is 9.84 Å². The number of amides is 1. The van der Waals surface area contributed by atoms with Crippen molar-refractivity contribution in [3.63, 3.8) is 0 Å². The molecule has 1 N–H and O–H groups in total. The van der Waals surface area contributed by atoms with E-state index in [2.05, 4.69) is 4.98 Å². The number of aliphatic hydroxyl groups is 1. The van der Waals surface area contributed by atoms with Crippen molar-refractivity contribution in [3.05, 3.63) is 95.3 Å². The van der Waals surface area contributed by atoms with Crippen LogP contribution in [-0.2, 0) is 9.59 Å². The van der Waals surface area contributed by atoms with Gasteiger partial charge in [-0.1, -0.05) is 32.0 Å². The van der Waals surface area contributed by atoms with Gasteiger partial charge in [-0.2, -0.15) is 0 Å². The number of rotatable bonds is 6. The van der Waals surface area contributed by atoms with Gasteiger partial charge in [0.1, 0.15) is 29.2 Å². The number of carbonyl (C=O) groups excluding carboxylic acids is 2. The number of halogens is 2. The Kier molecular flexibility index (Phi) is 6.40. The first-order valence-corrected chi connectivity index (χ1v) is 10.7. The van der Waals surface area contributed by atoms with Crippen LogP contribution in [0.3, 0.4) is 0 Å². The number of hydrogen-bond acceptors (Lipinski definition) is 5. The Morgan fingerprint density at radius 1 is 1.09 bits per heavy atom. The summed E-state index contributed by atoms with van der Waals surface area (Å²) in [5, 5.41) is 11.2. The molecule has 2 heterocycles. The lowest BCUT2D eigenvalue weighted by Gasteiger charge is -2.25. The Bertz CT molecular complexity index is 1270. The van der Waals surface area contributed by atoms with Crippen molar-refractivity contribution in [3.8, 4) is 5.75 Å². The Labute approximate surface area is 195 Å². The molecule has 8 heteroatoms. The lowest BCUT2D eigenvalue weighted by molar-refractivity contribution is -0.132. The summed E-state index contributed by atoms with van der Waals surface area (Å²) in [7, 11) is 0. The molecule has 0 spiro atoms. The third kappa shape index (κ3) is 4.39. The lowest BCUT2D eigenvalue weighted by atomic mass is 9.98. The van der Waals surface area contributed by atoms with Gasteiger partial charge in [-0.15, -0.1) is 0 Å². The Morgan fingerprint density at radius 2 is 1.88 bits per heavy atom. The molecule has 1 atom stereocenters. The molecular weight excluding hydrogens is 442 g/mol. The van der Waals surface area contributed by atoms with Crippen LogP contribution in [0.5, 0.6) is 5.75 Å². The highest BCUT2D eigenvalue weighted by molar-refractivity contribution is 6.51. The quantitative estimate of drug-likeness (QED) is 0.315. The number of ketones is 1. The van der Waals surface area contributed by atoms with Crippen molar-refractivity contribution in [1.82, 2.24) is 4.98 Å². The zero-order chi connectivity index (χ0) is 24.4. The van der Waals surface area contributed by atoms with Crippen LogP contribution >= 0.6 is 0 Å². The summed E-state index contributed by atoms with van der Waals surface area (Å²) in [6, 6.07) is 12.8. The molecule has 1 unspecified atom stereocenters. The zero-order valence-electron chi connectivity index (χ0n) is 18.5. The van der Waals surface area contributed by atoms with Gasteiger partial charge in [0.15, 0.2) is 0 Å². The molecule has 1 aromatic heterocycles. The summed E-state index contributed by atoms with van der Waals surface area (Å²) < 4.78 is 33.9. The maximum absolute atomic E-state index is 14.7. The number of Topliss-reactive ketones (excluding diaryl/α,β-unsaturated/α-hetero) is 1. The minimum absolute atomic E-state index is 0.235. The molecule has 6 nitrogen and oxygen atoms in total. The number of benzene rings is 2. The molecule has 34 heavy (non-hydrogen) atoms. The van der Waals surface area contributed by atoms with E-state index in [0.717, 1.165) is 17.0 Å². The lowest BCUT2D eigenvalue weighted by Crippen LogP contribution is -2.30. The van der Waals surface area contributed by atoms with Gasteiger partial charge >= 0.3 is 0 Å². The number of aliphatic hydroxyl groups excluding tert-OH is 1. The second-order valence-corrected chi connectivity index (χ2v) is 8.25. The number of nitrogens with zero attached hydrogens (tertiary/aromatic N) is 2. The fourth-order valence-corrected chi connectivity index (χ4v) is 3.73. The minimum Gasteiger partial charge on any atom is -0.507 e. The van der Waals surface area contributed by atoms with Crippen LogP contribution in [0, 0.1) is 17.6 Å². The molecule has 1 fully saturated rings. The second kappa shape index (κ2) is 9.43. The molecule has 0 aliphatic carbocycles. The van der Waals surface area contributed by atoms with Gasteiger partial charge in [0, 0.05) is 17.8 Å². The second-order valence-electron chi connectivity index (χ2n) is 8.25. The highest BCUT2D eigenvalue weighted by atomic mass is 19.1. The summed E-state index contributed by atoms with van der Waals surface area (Å²) in [6.07, 6.45) is 1.46. The van der Waals surface area contributed by atoms with Crippen molar-refractivity contribution < 1.29 is 28.2 Å². The predicted molar refractivity (Wildman–Crippen MR) is 122 cm³/mol. The average molecular weight is 464 g/mol. The number of aromatic nitrogens is 1. The average Bonchev–Trinajstić information content (AvgIpc) is 3.08. The van der Waals surface area contributed by atoms with Crippen LogP contribution in [0.2, 0.25) is 0 Å². The van der Waals surface area contributed by atoms with E-state index in [1.54, 1.807) is 42.5 Å². The van der Waals surface area contributed by atoms with Gasteiger partial charge in [0.05, 0.1) is 23.6 Å². The summed E-state index contributed by atoms with van der Waals surface area (Å²) in [4.78, 5) is 31.3. The van der Waals surface area contributed by atoms with Crippen LogP contribution in [0.4, 0.5) is 14.5 Å². The van der Waals surface area contributed by atoms with E-state index in [-0.39, 0.29) is 28.4 Å². The third-order valence-corrected chi connectivity index (χ3v) is 5.27. The SMILES string of the molecule is CC(C)COc1cccc(/C(O)=C2\C(=O)C(=O)N(c3ccc(F)cc3F)C2c2ccccn2)c1. The van der Waals surface area contributed by atoms with Gasteiger partial charge in [-0.05, 0) is 42.3 Å². The number of pyridine rings is 1. The zero-order valence-corrected chi connectivity index (χ0v) is 18.5. The molecule has 1 amide bonds. The van der Waals surface area contributed by atoms with Crippen molar-refractivity contribution >= 4 is 23.1 Å². The van der Waals surface area contributed by atoms with Crippen molar-refractivity contribution in [2.75, 3.05) is 11.5 Å². The Hall–Kier alpha value is -4.07. The first-order chi connectivity index (χ1) is 16.3. The van der Waals surface area contributed by atoms with Gasteiger partial charge in [-0.3, -0.25) is 19.5 Å². The molecule has 0 saturated carbocycles. The summed E-state index contributed by atoms with van der Waals surface area (Å²) in [5.74, 6) is -3.62. The van der Waals surface area contributed by atoms with E-state index in [9.17, 15) is 23.5 Å². The molecule has 0 bridgehead atoms. The Balaban J connectivity index is 1.87. The first-order valence-electron chi connectivity index (χ1n) is 10.7. The van der Waals surface area contributed by atoms with E-state index in [1.807, 2.05) is 13.8 Å². The fourth-order valence-electron chi connectivity index (χ4n) is 3.73. The van der Waals surface area contributed by atoms with Crippen molar-refractivity contribution in [1.29, 1.82) is 0 Å². The largest absolute Gasteiger partial charge is 0.507 e. The molecule has 1 saturated heterocycles. The van der Waals surface area contributed by atoms with Crippen LogP contribution in [0.1, 0.15) is 31.1 Å². The number of anilines is 1. The topological polar surface area (TPSA) is 79.7 Å². The number of ether oxygens (including phenoxy) is 1. The van der Waals surface area contributed by atoms with Crippen LogP contribution < -0.4 is 9.64 Å². The molecular formula is C26H22F2N2O4. The van der Waals surface area contributed by atoms with E-state index in [4.69, 9.17) is 4.74 Å². The van der Waals surface area contributed by atoms with Crippen LogP contribution in [0.15, 0.2) is 72.4 Å². The highest BCUT2D eigenvalue weighted by Crippen LogP contribution is 2.42. The number of hydrogen-bond donors (Lipinski definition) is 1. The van der Waals surface area contributed by atoms with Gasteiger partial charge in [0.25, 0.3) is 11.7 Å². The highest BCUT2D eigenvalue weighted by Gasteiger charge is 2.48. The summed E-state index contributed by atoms with van der Waals surface area (Å²) in [6.45, 7) is 4.44. The molecule has 4 rings (SSSR count). The standard InChI is InChI=1S/C26H22F2N2O4/c1-15(2)14-34-18-7-5-6-16(12-18)24(31)22-23(20-8-3-4-11-29-20)30(26(33)25(22)32)21-10-9-17(27)13-19(21)28/h3-13,15,23,31H,14H2,1-2H3/b24-22+. The molecule has 3 aromatic rings. The predicted octanol–water partition coefficient (Wildman–Crippen LogP) is 5.02. The normalized spacial score (nSPS) is 17.4. The van der Waals surface area contributed by atoms with Crippen molar-refractivity contribution in [2.24, 2.45) is 5.92 Å². The van der Waals surface area contributed by atoms with E-state index < -0.39 is 35.1 Å². The maximum Gasteiger partial charge on any atom is 0.300 e. The molecule has 0 radical (unpaired) electrons. The smallest absolute Gasteiger partial charge is 0.300 e. The van der Waals surface area contributed by atoms with Crippen LogP contribution in [-0.4, -0.2) is 28.4 Å². The molecule has 1 aliphatic heterocycles. The summed E-state index contributed by atoms with van der Waals surface area (Å²) >= 11 is 0. The van der Waals surface area contributed by atoms with E-state index in [0.29, 0.717) is 18.4 Å². The minimum atomic E-state index is -1.22.